The van der Waals surface area contributed by atoms with Gasteiger partial charge in [-0.3, -0.25) is 37.3 Å². The number of aliphatic hydroxyl groups is 1. The van der Waals surface area contributed by atoms with Gasteiger partial charge in [-0.25, -0.2) is 9.13 Å². The molecule has 17 nitrogen and oxygen atoms in total. The molecular weight excluding hydrogens is 1330 g/mol. The molecule has 19 heteroatoms. The number of unbranched alkanes of at least 4 members (excludes halogenated alkanes) is 45. The Kier molecular flexibility index (Phi) is 70.6. The van der Waals surface area contributed by atoms with E-state index in [9.17, 15) is 43.2 Å². The largest absolute Gasteiger partial charge is 0.472 e. The molecule has 6 atom stereocenters. The lowest BCUT2D eigenvalue weighted by Crippen LogP contribution is -2.30. The third-order valence-corrected chi connectivity index (χ3v) is 21.6. The quantitative estimate of drug-likeness (QED) is 0.0222. The number of carbonyl (C=O) groups is 4. The molecule has 0 rings (SSSR count). The lowest BCUT2D eigenvalue weighted by molar-refractivity contribution is -0.161. The highest BCUT2D eigenvalue weighted by Gasteiger charge is 2.30. The van der Waals surface area contributed by atoms with Gasteiger partial charge in [0, 0.05) is 25.7 Å². The average Bonchev–Trinajstić information content (AvgIpc) is 0.916. The fraction of sp³-hybridized carbons (Fsp3) is 0.952. The van der Waals surface area contributed by atoms with Crippen LogP contribution in [0.4, 0.5) is 0 Å². The molecule has 0 spiro atoms. The van der Waals surface area contributed by atoms with E-state index < -0.39 is 97.5 Å². The second kappa shape index (κ2) is 72.0. The van der Waals surface area contributed by atoms with E-state index in [1.807, 2.05) is 0 Å². The van der Waals surface area contributed by atoms with Gasteiger partial charge in [-0.15, -0.1) is 0 Å². The highest BCUT2D eigenvalue weighted by Crippen LogP contribution is 2.45. The standard InChI is InChI=1S/C83H162O17P2/c1-9-76(8)62-54-46-37-31-25-19-14-16-20-26-32-38-47-55-63-80(85)93-69-78(99-82(87)65-58-50-40-34-28-22-15-13-18-24-30-36-44-52-60-74(4)5)71-97-101(89,90)95-67-77(84)68-96-102(91,92)98-72-79(70-94-81(86)64-56-48-42-41-45-53-61-75(6)7)100-83(88)66-57-49-39-33-27-21-12-10-11-17-23-29-35-43-51-59-73(2)3/h73-79,84H,9-72H2,1-8H3,(H,89,90)(H,91,92)/t76?,77?,78-,79-/m1/s1. The molecule has 0 bridgehead atoms. The molecule has 606 valence electrons. The topological polar surface area (TPSA) is 237 Å². The van der Waals surface area contributed by atoms with Crippen molar-refractivity contribution >= 4 is 39.5 Å². The molecule has 0 fully saturated rings. The summed E-state index contributed by atoms with van der Waals surface area (Å²) in [7, 11) is -9.92. The summed E-state index contributed by atoms with van der Waals surface area (Å²) in [6.07, 6.45) is 59.7. The zero-order chi connectivity index (χ0) is 75.3. The maximum atomic E-state index is 13.1. The highest BCUT2D eigenvalue weighted by molar-refractivity contribution is 7.47. The van der Waals surface area contributed by atoms with E-state index in [0.717, 1.165) is 114 Å². The second-order valence-electron chi connectivity index (χ2n) is 31.5. The van der Waals surface area contributed by atoms with Crippen LogP contribution in [0.5, 0.6) is 0 Å². The van der Waals surface area contributed by atoms with Crippen LogP contribution in [-0.2, 0) is 65.4 Å². The Hall–Kier alpha value is -1.94. The molecule has 0 aliphatic rings. The van der Waals surface area contributed by atoms with Crippen LogP contribution in [0, 0.1) is 23.7 Å². The van der Waals surface area contributed by atoms with Crippen molar-refractivity contribution in [1.82, 2.24) is 0 Å². The Balaban J connectivity index is 5.22. The Morgan fingerprint density at radius 2 is 0.471 bits per heavy atom. The summed E-state index contributed by atoms with van der Waals surface area (Å²) >= 11 is 0. The first-order chi connectivity index (χ1) is 49.1. The number of phosphoric acid groups is 2. The molecule has 0 aromatic carbocycles. The van der Waals surface area contributed by atoms with Crippen LogP contribution in [0.25, 0.3) is 0 Å². The number of phosphoric ester groups is 2. The molecule has 0 saturated heterocycles. The lowest BCUT2D eigenvalue weighted by Gasteiger charge is -2.21. The molecule has 4 unspecified atom stereocenters. The van der Waals surface area contributed by atoms with E-state index in [4.69, 9.17) is 37.0 Å². The fourth-order valence-corrected chi connectivity index (χ4v) is 14.3. The Bertz CT molecular complexity index is 1990. The van der Waals surface area contributed by atoms with Crippen molar-refractivity contribution in [2.45, 2.75) is 446 Å². The first-order valence-electron chi connectivity index (χ1n) is 42.7. The van der Waals surface area contributed by atoms with E-state index >= 15 is 0 Å². The van der Waals surface area contributed by atoms with Gasteiger partial charge in [0.1, 0.15) is 19.3 Å². The summed E-state index contributed by atoms with van der Waals surface area (Å²) in [5.41, 5.74) is 0. The van der Waals surface area contributed by atoms with E-state index in [-0.39, 0.29) is 25.7 Å². The minimum Gasteiger partial charge on any atom is -0.462 e. The van der Waals surface area contributed by atoms with Crippen LogP contribution < -0.4 is 0 Å². The summed E-state index contributed by atoms with van der Waals surface area (Å²) < 4.78 is 68.8. The lowest BCUT2D eigenvalue weighted by atomic mass is 9.99. The van der Waals surface area contributed by atoms with Crippen LogP contribution in [-0.4, -0.2) is 96.7 Å². The van der Waals surface area contributed by atoms with E-state index in [1.54, 1.807) is 0 Å². The predicted octanol–water partition coefficient (Wildman–Crippen LogP) is 24.8. The smallest absolute Gasteiger partial charge is 0.462 e. The van der Waals surface area contributed by atoms with Crippen LogP contribution in [0.1, 0.15) is 428 Å². The predicted molar refractivity (Wildman–Crippen MR) is 418 cm³/mol. The second-order valence-corrected chi connectivity index (χ2v) is 34.4. The number of hydrogen-bond acceptors (Lipinski definition) is 15. The third kappa shape index (κ3) is 74.9. The summed E-state index contributed by atoms with van der Waals surface area (Å²) in [5.74, 6) is 1.01. The SMILES string of the molecule is CCC(C)CCCCCCCCCCCCCCCCC(=O)OC[C@H](COP(=O)(O)OCC(O)COP(=O)(O)OC[C@@H](COC(=O)CCCCCCCCC(C)C)OC(=O)CCCCCCCCCCCCCCCCCC(C)C)OC(=O)CCCCCCCCCCCCCCCCC(C)C. The summed E-state index contributed by atoms with van der Waals surface area (Å²) in [5, 5.41) is 10.7. The minimum absolute atomic E-state index is 0.106. The highest BCUT2D eigenvalue weighted by atomic mass is 31.2. The van der Waals surface area contributed by atoms with Gasteiger partial charge in [0.15, 0.2) is 12.2 Å². The molecular formula is C83H162O17P2. The monoisotopic (exact) mass is 1490 g/mol. The molecule has 0 amide bonds. The van der Waals surface area contributed by atoms with Crippen molar-refractivity contribution in [2.24, 2.45) is 23.7 Å². The van der Waals surface area contributed by atoms with Gasteiger partial charge in [0.2, 0.25) is 0 Å². The number of aliphatic hydroxyl groups excluding tert-OH is 1. The van der Waals surface area contributed by atoms with Crippen LogP contribution in [0.2, 0.25) is 0 Å². The maximum absolute atomic E-state index is 13.1. The normalized spacial score (nSPS) is 14.3. The molecule has 0 aromatic heterocycles. The van der Waals surface area contributed by atoms with Gasteiger partial charge in [0.05, 0.1) is 26.4 Å². The molecule has 3 N–H and O–H groups in total. The number of esters is 4. The van der Waals surface area contributed by atoms with Gasteiger partial charge in [-0.2, -0.15) is 0 Å². The first kappa shape index (κ1) is 100. The van der Waals surface area contributed by atoms with Crippen molar-refractivity contribution in [1.29, 1.82) is 0 Å². The number of hydrogen-bond donors (Lipinski definition) is 3. The third-order valence-electron chi connectivity index (χ3n) is 19.7. The van der Waals surface area contributed by atoms with Crippen molar-refractivity contribution in [2.75, 3.05) is 39.6 Å². The average molecular weight is 1490 g/mol. The molecule has 0 radical (unpaired) electrons. The van der Waals surface area contributed by atoms with E-state index in [0.29, 0.717) is 31.6 Å². The molecule has 0 saturated carbocycles. The van der Waals surface area contributed by atoms with Crippen LogP contribution in [0.3, 0.4) is 0 Å². The van der Waals surface area contributed by atoms with Gasteiger partial charge < -0.3 is 33.8 Å². The molecule has 0 aliphatic carbocycles. The Labute approximate surface area is 626 Å². The zero-order valence-corrected chi connectivity index (χ0v) is 69.0. The molecule has 0 aromatic rings. The number of carbonyl (C=O) groups excluding carboxylic acids is 4. The number of ether oxygens (including phenoxy) is 4. The summed E-state index contributed by atoms with van der Waals surface area (Å²) in [6.45, 7) is 14.3. The van der Waals surface area contributed by atoms with Gasteiger partial charge in [-0.1, -0.05) is 376 Å². The van der Waals surface area contributed by atoms with Gasteiger partial charge in [-0.05, 0) is 49.4 Å². The van der Waals surface area contributed by atoms with Crippen LogP contribution in [0.15, 0.2) is 0 Å². The minimum atomic E-state index is -4.96. The maximum Gasteiger partial charge on any atom is 0.472 e. The van der Waals surface area contributed by atoms with E-state index in [1.165, 1.54) is 225 Å². The summed E-state index contributed by atoms with van der Waals surface area (Å²) in [4.78, 5) is 73.1. The van der Waals surface area contributed by atoms with Crippen molar-refractivity contribution < 1.29 is 80.2 Å². The van der Waals surface area contributed by atoms with Crippen molar-refractivity contribution in [3.05, 3.63) is 0 Å². The van der Waals surface area contributed by atoms with E-state index in [2.05, 4.69) is 55.4 Å². The fourth-order valence-electron chi connectivity index (χ4n) is 12.8. The molecule has 102 heavy (non-hydrogen) atoms. The Morgan fingerprint density at radius 1 is 0.275 bits per heavy atom. The Morgan fingerprint density at radius 3 is 0.696 bits per heavy atom. The van der Waals surface area contributed by atoms with Crippen LogP contribution >= 0.6 is 15.6 Å². The number of rotatable bonds is 80. The van der Waals surface area contributed by atoms with Crippen molar-refractivity contribution in [3.8, 4) is 0 Å². The van der Waals surface area contributed by atoms with Gasteiger partial charge >= 0.3 is 39.5 Å². The van der Waals surface area contributed by atoms with Crippen molar-refractivity contribution in [3.63, 3.8) is 0 Å². The van der Waals surface area contributed by atoms with Gasteiger partial charge in [0.25, 0.3) is 0 Å². The first-order valence-corrected chi connectivity index (χ1v) is 45.7. The zero-order valence-electron chi connectivity index (χ0n) is 67.2. The molecule has 0 heterocycles. The molecule has 0 aliphatic heterocycles. The summed E-state index contributed by atoms with van der Waals surface area (Å²) in [6, 6.07) is 0.